The van der Waals surface area contributed by atoms with E-state index in [1.54, 1.807) is 12.3 Å². The van der Waals surface area contributed by atoms with E-state index in [-0.39, 0.29) is 6.61 Å². The summed E-state index contributed by atoms with van der Waals surface area (Å²) in [5.74, 6) is 0. The topological polar surface area (TPSA) is 34.1 Å². The lowest BCUT2D eigenvalue weighted by atomic mass is 10.2. The maximum atomic E-state index is 12.2. The van der Waals surface area contributed by atoms with E-state index in [0.717, 1.165) is 19.0 Å². The minimum atomic E-state index is -4.33. The lowest BCUT2D eigenvalue weighted by molar-refractivity contribution is -0.217. The van der Waals surface area contributed by atoms with Crippen molar-refractivity contribution >= 4 is 0 Å². The van der Waals surface area contributed by atoms with Crippen LogP contribution in [0.25, 0.3) is 0 Å². The zero-order valence-electron chi connectivity index (χ0n) is 10.4. The van der Waals surface area contributed by atoms with Crippen LogP contribution in [-0.4, -0.2) is 23.8 Å². The van der Waals surface area contributed by atoms with Gasteiger partial charge >= 0.3 is 6.18 Å². The average Bonchev–Trinajstić information content (AvgIpc) is 2.33. The van der Waals surface area contributed by atoms with Crippen LogP contribution in [0.4, 0.5) is 13.2 Å². The summed E-state index contributed by atoms with van der Waals surface area (Å²) in [6.07, 6.45) is -4.47. The summed E-state index contributed by atoms with van der Waals surface area (Å²) >= 11 is 0. The first-order chi connectivity index (χ1) is 8.43. The molecule has 0 fully saturated rings. The molecule has 0 aliphatic carbocycles. The Bertz CT molecular complexity index is 351. The van der Waals surface area contributed by atoms with Crippen molar-refractivity contribution in [2.45, 2.75) is 39.3 Å². The van der Waals surface area contributed by atoms with E-state index in [0.29, 0.717) is 12.2 Å². The van der Waals surface area contributed by atoms with Crippen LogP contribution < -0.4 is 5.32 Å². The number of halogens is 3. The first kappa shape index (κ1) is 14.9. The van der Waals surface area contributed by atoms with E-state index in [1.807, 2.05) is 13.0 Å². The van der Waals surface area contributed by atoms with Crippen LogP contribution in [0.2, 0.25) is 0 Å². The van der Waals surface area contributed by atoms with E-state index in [1.165, 1.54) is 0 Å². The van der Waals surface area contributed by atoms with Gasteiger partial charge in [-0.3, -0.25) is 4.98 Å². The summed E-state index contributed by atoms with van der Waals surface area (Å²) in [5.41, 5.74) is 1.48. The molecule has 1 unspecified atom stereocenters. The molecule has 1 atom stereocenters. The Balaban J connectivity index is 2.44. The van der Waals surface area contributed by atoms with Crippen molar-refractivity contribution in [3.05, 3.63) is 29.6 Å². The summed E-state index contributed by atoms with van der Waals surface area (Å²) in [6, 6.07) is 3.50. The van der Waals surface area contributed by atoms with Gasteiger partial charge in [0.2, 0.25) is 0 Å². The molecule has 0 aliphatic rings. The van der Waals surface area contributed by atoms with Gasteiger partial charge in [-0.15, -0.1) is 0 Å². The molecule has 0 bridgehead atoms. The molecule has 0 radical (unpaired) electrons. The van der Waals surface area contributed by atoms with Gasteiger partial charge in [0.25, 0.3) is 0 Å². The van der Waals surface area contributed by atoms with E-state index >= 15 is 0 Å². The molecule has 3 nitrogen and oxygen atoms in total. The number of nitrogens with zero attached hydrogens (tertiary/aromatic N) is 1. The van der Waals surface area contributed by atoms with Gasteiger partial charge in [-0.2, -0.15) is 13.2 Å². The Morgan fingerprint density at radius 1 is 1.39 bits per heavy atom. The molecule has 0 spiro atoms. The van der Waals surface area contributed by atoms with Crippen molar-refractivity contribution < 1.29 is 17.9 Å². The fourth-order valence-corrected chi connectivity index (χ4v) is 1.22. The van der Waals surface area contributed by atoms with Crippen molar-refractivity contribution in [3.8, 4) is 0 Å². The van der Waals surface area contributed by atoms with Crippen molar-refractivity contribution in [2.24, 2.45) is 0 Å². The third-order valence-electron chi connectivity index (χ3n) is 2.41. The van der Waals surface area contributed by atoms with Crippen LogP contribution in [0.15, 0.2) is 18.3 Å². The monoisotopic (exact) mass is 262 g/mol. The van der Waals surface area contributed by atoms with Gasteiger partial charge in [0.15, 0.2) is 6.10 Å². The Kier molecular flexibility index (Phi) is 5.55. The second-order valence-corrected chi connectivity index (χ2v) is 3.93. The number of ether oxygens (including phenoxy) is 1. The number of alkyl halides is 3. The quantitative estimate of drug-likeness (QED) is 0.855. The summed E-state index contributed by atoms with van der Waals surface area (Å²) in [5, 5.41) is 3.13. The maximum absolute atomic E-state index is 12.2. The summed E-state index contributed by atoms with van der Waals surface area (Å²) in [7, 11) is 0. The molecule has 0 amide bonds. The number of aromatic nitrogens is 1. The van der Waals surface area contributed by atoms with E-state index in [2.05, 4.69) is 10.3 Å². The molecular weight excluding hydrogens is 245 g/mol. The maximum Gasteiger partial charge on any atom is 0.414 e. The molecule has 1 aromatic rings. The smallest absolute Gasteiger partial charge is 0.363 e. The molecule has 0 saturated carbocycles. The third-order valence-corrected chi connectivity index (χ3v) is 2.41. The molecular formula is C12H17F3N2O. The van der Waals surface area contributed by atoms with Gasteiger partial charge in [0, 0.05) is 12.7 Å². The normalized spacial score (nSPS) is 13.6. The van der Waals surface area contributed by atoms with Gasteiger partial charge in [-0.05, 0) is 25.1 Å². The van der Waals surface area contributed by atoms with Crippen LogP contribution in [-0.2, 0) is 17.9 Å². The van der Waals surface area contributed by atoms with Crippen LogP contribution >= 0.6 is 0 Å². The average molecular weight is 262 g/mol. The lowest BCUT2D eigenvalue weighted by Crippen LogP contribution is -2.28. The zero-order valence-corrected chi connectivity index (χ0v) is 10.4. The molecule has 1 N–H and O–H groups in total. The van der Waals surface area contributed by atoms with Crippen molar-refractivity contribution in [1.82, 2.24) is 10.3 Å². The summed E-state index contributed by atoms with van der Waals surface area (Å²) < 4.78 is 41.3. The molecule has 0 aromatic carbocycles. The fraction of sp³-hybridized carbons (Fsp3) is 0.583. The highest BCUT2D eigenvalue weighted by atomic mass is 19.4. The second kappa shape index (κ2) is 6.70. The van der Waals surface area contributed by atoms with Crippen LogP contribution in [0.5, 0.6) is 0 Å². The van der Waals surface area contributed by atoms with Gasteiger partial charge in [0.1, 0.15) is 0 Å². The van der Waals surface area contributed by atoms with Crippen LogP contribution in [0, 0.1) is 0 Å². The fourth-order valence-electron chi connectivity index (χ4n) is 1.22. The summed E-state index contributed by atoms with van der Waals surface area (Å²) in [6.45, 7) is 4.40. The number of pyridine rings is 1. The van der Waals surface area contributed by atoms with Gasteiger partial charge in [0.05, 0.1) is 12.3 Å². The van der Waals surface area contributed by atoms with Gasteiger partial charge in [-0.1, -0.05) is 13.0 Å². The van der Waals surface area contributed by atoms with E-state index in [9.17, 15) is 13.2 Å². The van der Waals surface area contributed by atoms with Gasteiger partial charge < -0.3 is 10.1 Å². The van der Waals surface area contributed by atoms with E-state index < -0.39 is 12.3 Å². The summed E-state index contributed by atoms with van der Waals surface area (Å²) in [4.78, 5) is 4.05. The Morgan fingerprint density at radius 3 is 2.61 bits per heavy atom. The molecule has 18 heavy (non-hydrogen) atoms. The predicted molar refractivity (Wildman–Crippen MR) is 61.9 cm³/mol. The molecule has 6 heteroatoms. The SMILES string of the molecule is CCNCc1ccc(COC(C)C(F)(F)F)nc1. The lowest BCUT2D eigenvalue weighted by Gasteiger charge is -2.16. The number of hydrogen-bond donors (Lipinski definition) is 1. The van der Waals surface area contributed by atoms with Crippen LogP contribution in [0.3, 0.4) is 0 Å². The van der Waals surface area contributed by atoms with E-state index in [4.69, 9.17) is 4.74 Å². The zero-order chi connectivity index (χ0) is 13.6. The van der Waals surface area contributed by atoms with Crippen molar-refractivity contribution in [3.63, 3.8) is 0 Å². The molecule has 1 heterocycles. The largest absolute Gasteiger partial charge is 0.414 e. The first-order valence-electron chi connectivity index (χ1n) is 5.76. The minimum Gasteiger partial charge on any atom is -0.363 e. The minimum absolute atomic E-state index is 0.137. The van der Waals surface area contributed by atoms with Crippen LogP contribution in [0.1, 0.15) is 25.1 Å². The Hall–Kier alpha value is -1.14. The number of hydrogen-bond acceptors (Lipinski definition) is 3. The molecule has 102 valence electrons. The highest BCUT2D eigenvalue weighted by Crippen LogP contribution is 2.22. The van der Waals surface area contributed by atoms with Crippen molar-refractivity contribution in [2.75, 3.05) is 6.54 Å². The molecule has 1 rings (SSSR count). The first-order valence-corrected chi connectivity index (χ1v) is 5.76. The van der Waals surface area contributed by atoms with Crippen molar-refractivity contribution in [1.29, 1.82) is 0 Å². The third kappa shape index (κ3) is 5.01. The standard InChI is InChI=1S/C12H17F3N2O/c1-3-16-6-10-4-5-11(17-7-10)8-18-9(2)12(13,14)15/h4-5,7,9,16H,3,6,8H2,1-2H3. The van der Waals surface area contributed by atoms with Gasteiger partial charge in [-0.25, -0.2) is 0 Å². The number of rotatable bonds is 6. The molecule has 0 saturated heterocycles. The highest BCUT2D eigenvalue weighted by molar-refractivity contribution is 5.13. The predicted octanol–water partition coefficient (Wildman–Crippen LogP) is 2.66. The molecule has 0 aliphatic heterocycles. The second-order valence-electron chi connectivity index (χ2n) is 3.93. The number of nitrogens with one attached hydrogen (secondary N) is 1. The highest BCUT2D eigenvalue weighted by Gasteiger charge is 2.36. The molecule has 1 aromatic heterocycles. The Morgan fingerprint density at radius 2 is 2.11 bits per heavy atom. The Labute approximate surface area is 104 Å².